The van der Waals surface area contributed by atoms with Crippen LogP contribution >= 0.6 is 0 Å². The van der Waals surface area contributed by atoms with Gasteiger partial charge in [0.25, 0.3) is 0 Å². The fourth-order valence-electron chi connectivity index (χ4n) is 1.36. The third-order valence-electron chi connectivity index (χ3n) is 2.30. The number of amides is 1. The zero-order chi connectivity index (χ0) is 13.4. The Hall–Kier alpha value is -1.75. The van der Waals surface area contributed by atoms with Crippen LogP contribution in [0.1, 0.15) is 20.3 Å². The van der Waals surface area contributed by atoms with E-state index in [2.05, 4.69) is 5.32 Å². The third kappa shape index (κ3) is 4.63. The van der Waals surface area contributed by atoms with Crippen molar-refractivity contribution in [2.24, 2.45) is 0 Å². The van der Waals surface area contributed by atoms with E-state index in [1.54, 1.807) is 25.1 Å². The first-order valence-electron chi connectivity index (χ1n) is 6.07. The molecule has 0 fully saturated rings. The minimum absolute atomic E-state index is 0.0422. The van der Waals surface area contributed by atoms with Gasteiger partial charge in [-0.25, -0.2) is 0 Å². The molecular weight excluding hydrogens is 232 g/mol. The van der Waals surface area contributed by atoms with Crippen LogP contribution in [0.2, 0.25) is 0 Å². The van der Waals surface area contributed by atoms with E-state index in [9.17, 15) is 4.79 Å². The van der Waals surface area contributed by atoms with Crippen molar-refractivity contribution in [1.82, 2.24) is 0 Å². The van der Waals surface area contributed by atoms with Crippen LogP contribution in [0.25, 0.3) is 0 Å². The second-order valence-corrected chi connectivity index (χ2v) is 3.70. The van der Waals surface area contributed by atoms with Crippen molar-refractivity contribution in [3.63, 3.8) is 0 Å². The number of hydrogen-bond acceptors (Lipinski definition) is 4. The predicted octanol–water partition coefficient (Wildman–Crippen LogP) is 2.03. The van der Waals surface area contributed by atoms with Gasteiger partial charge in [-0.2, -0.15) is 0 Å². The van der Waals surface area contributed by atoms with E-state index in [-0.39, 0.29) is 5.91 Å². The van der Waals surface area contributed by atoms with Gasteiger partial charge in [0, 0.05) is 18.7 Å². The van der Waals surface area contributed by atoms with Gasteiger partial charge in [0.1, 0.15) is 12.4 Å². The Morgan fingerprint density at radius 3 is 2.72 bits per heavy atom. The molecule has 0 aliphatic rings. The van der Waals surface area contributed by atoms with Crippen molar-refractivity contribution >= 4 is 17.3 Å². The van der Waals surface area contributed by atoms with Crippen LogP contribution in [-0.2, 0) is 9.53 Å². The molecule has 0 radical (unpaired) electrons. The highest BCUT2D eigenvalue weighted by molar-refractivity contribution is 5.91. The molecule has 0 atom stereocenters. The van der Waals surface area contributed by atoms with Crippen molar-refractivity contribution in [2.45, 2.75) is 20.3 Å². The first-order chi connectivity index (χ1) is 8.67. The van der Waals surface area contributed by atoms with E-state index in [1.165, 1.54) is 0 Å². The Labute approximate surface area is 107 Å². The lowest BCUT2D eigenvalue weighted by molar-refractivity contribution is -0.115. The Morgan fingerprint density at radius 2 is 2.11 bits per heavy atom. The van der Waals surface area contributed by atoms with Gasteiger partial charge in [-0.3, -0.25) is 4.79 Å². The van der Waals surface area contributed by atoms with Crippen LogP contribution in [0.4, 0.5) is 11.4 Å². The van der Waals surface area contributed by atoms with Crippen LogP contribution in [0.3, 0.4) is 0 Å². The summed E-state index contributed by atoms with van der Waals surface area (Å²) in [5, 5.41) is 2.74. The number of anilines is 2. The molecule has 0 saturated heterocycles. The average molecular weight is 252 g/mol. The smallest absolute Gasteiger partial charge is 0.224 e. The van der Waals surface area contributed by atoms with E-state index in [0.717, 1.165) is 0 Å². The summed E-state index contributed by atoms with van der Waals surface area (Å²) in [6, 6.07) is 5.19. The van der Waals surface area contributed by atoms with Gasteiger partial charge in [0.2, 0.25) is 5.91 Å². The molecule has 0 bridgehead atoms. The molecule has 0 heterocycles. The molecule has 3 N–H and O–H groups in total. The summed E-state index contributed by atoms with van der Waals surface area (Å²) in [5.41, 5.74) is 7.01. The monoisotopic (exact) mass is 252 g/mol. The molecule has 100 valence electrons. The first-order valence-corrected chi connectivity index (χ1v) is 6.07. The Kier molecular flexibility index (Phi) is 6.00. The second kappa shape index (κ2) is 7.55. The quantitative estimate of drug-likeness (QED) is 0.575. The Morgan fingerprint density at radius 1 is 1.33 bits per heavy atom. The fraction of sp³-hybridized carbons (Fsp3) is 0.462. The molecule has 1 aromatic carbocycles. The molecule has 0 unspecified atom stereocenters. The molecule has 0 saturated carbocycles. The lowest BCUT2D eigenvalue weighted by atomic mass is 10.2. The van der Waals surface area contributed by atoms with Gasteiger partial charge >= 0.3 is 0 Å². The zero-order valence-electron chi connectivity index (χ0n) is 10.9. The topological polar surface area (TPSA) is 73.6 Å². The molecule has 1 rings (SSSR count). The Balaban J connectivity index is 2.54. The van der Waals surface area contributed by atoms with Crippen molar-refractivity contribution < 1.29 is 14.3 Å². The number of nitrogens with one attached hydrogen (secondary N) is 1. The molecule has 0 aliphatic heterocycles. The molecule has 1 amide bonds. The maximum Gasteiger partial charge on any atom is 0.224 e. The van der Waals surface area contributed by atoms with Gasteiger partial charge in [-0.1, -0.05) is 6.92 Å². The average Bonchev–Trinajstić information content (AvgIpc) is 2.36. The largest absolute Gasteiger partial charge is 0.489 e. The molecule has 18 heavy (non-hydrogen) atoms. The summed E-state index contributed by atoms with van der Waals surface area (Å²) in [7, 11) is 0. The zero-order valence-corrected chi connectivity index (χ0v) is 10.9. The summed E-state index contributed by atoms with van der Waals surface area (Å²) in [6.45, 7) is 5.38. The Bertz CT molecular complexity index is 394. The van der Waals surface area contributed by atoms with E-state index in [4.69, 9.17) is 15.2 Å². The van der Waals surface area contributed by atoms with Crippen molar-refractivity contribution in [2.75, 3.05) is 30.9 Å². The van der Waals surface area contributed by atoms with Crippen molar-refractivity contribution in [1.29, 1.82) is 0 Å². The van der Waals surface area contributed by atoms with Crippen LogP contribution in [0.5, 0.6) is 5.75 Å². The highest BCUT2D eigenvalue weighted by Gasteiger charge is 2.04. The highest BCUT2D eigenvalue weighted by atomic mass is 16.5. The third-order valence-corrected chi connectivity index (χ3v) is 2.30. The SMILES string of the molecule is CCOCCOc1ccc(NC(=O)CC)cc1N. The van der Waals surface area contributed by atoms with E-state index < -0.39 is 0 Å². The van der Waals surface area contributed by atoms with Gasteiger partial charge in [-0.15, -0.1) is 0 Å². The van der Waals surface area contributed by atoms with Gasteiger partial charge in [-0.05, 0) is 25.1 Å². The van der Waals surface area contributed by atoms with Crippen molar-refractivity contribution in [3.05, 3.63) is 18.2 Å². The number of nitrogen functional groups attached to an aromatic ring is 1. The number of carbonyl (C=O) groups is 1. The number of carbonyl (C=O) groups excluding carboxylic acids is 1. The fourth-order valence-corrected chi connectivity index (χ4v) is 1.36. The molecule has 0 aromatic heterocycles. The van der Waals surface area contributed by atoms with Crippen LogP contribution in [-0.4, -0.2) is 25.7 Å². The lowest BCUT2D eigenvalue weighted by Gasteiger charge is -2.11. The number of rotatable bonds is 7. The first kappa shape index (κ1) is 14.3. The van der Waals surface area contributed by atoms with Gasteiger partial charge in [0.15, 0.2) is 0 Å². The predicted molar refractivity (Wildman–Crippen MR) is 71.8 cm³/mol. The van der Waals surface area contributed by atoms with Gasteiger partial charge in [0.05, 0.1) is 12.3 Å². The van der Waals surface area contributed by atoms with Crippen LogP contribution < -0.4 is 15.8 Å². The summed E-state index contributed by atoms with van der Waals surface area (Å²) in [4.78, 5) is 11.2. The summed E-state index contributed by atoms with van der Waals surface area (Å²) in [5.74, 6) is 0.559. The maximum absolute atomic E-state index is 11.2. The summed E-state index contributed by atoms with van der Waals surface area (Å²) >= 11 is 0. The number of nitrogens with two attached hydrogens (primary N) is 1. The number of ether oxygens (including phenoxy) is 2. The maximum atomic E-state index is 11.2. The second-order valence-electron chi connectivity index (χ2n) is 3.70. The summed E-state index contributed by atoms with van der Waals surface area (Å²) < 4.78 is 10.6. The summed E-state index contributed by atoms with van der Waals surface area (Å²) in [6.07, 6.45) is 0.437. The van der Waals surface area contributed by atoms with Crippen LogP contribution in [0.15, 0.2) is 18.2 Å². The minimum Gasteiger partial charge on any atom is -0.489 e. The van der Waals surface area contributed by atoms with Crippen LogP contribution in [0, 0.1) is 0 Å². The molecular formula is C13H20N2O3. The normalized spacial score (nSPS) is 10.1. The number of hydrogen-bond donors (Lipinski definition) is 2. The lowest BCUT2D eigenvalue weighted by Crippen LogP contribution is -2.10. The molecule has 0 spiro atoms. The molecule has 0 aliphatic carbocycles. The molecule has 5 heteroatoms. The van der Waals surface area contributed by atoms with E-state index in [1.807, 2.05) is 6.92 Å². The standard InChI is InChI=1S/C13H20N2O3/c1-3-13(16)15-10-5-6-12(11(14)9-10)18-8-7-17-4-2/h5-6,9H,3-4,7-8,14H2,1-2H3,(H,15,16). The van der Waals surface area contributed by atoms with Gasteiger partial charge < -0.3 is 20.5 Å². The van der Waals surface area contributed by atoms with Crippen molar-refractivity contribution in [3.8, 4) is 5.75 Å². The minimum atomic E-state index is -0.0422. The molecule has 1 aromatic rings. The highest BCUT2D eigenvalue weighted by Crippen LogP contribution is 2.25. The molecule has 5 nitrogen and oxygen atoms in total. The number of benzene rings is 1. The van der Waals surface area contributed by atoms with E-state index in [0.29, 0.717) is 43.4 Å². The van der Waals surface area contributed by atoms with E-state index >= 15 is 0 Å².